The first-order chi connectivity index (χ1) is 14.7. The third-order valence-corrected chi connectivity index (χ3v) is 4.10. The van der Waals surface area contributed by atoms with Crippen LogP contribution in [0.15, 0.2) is 48.6 Å². The van der Waals surface area contributed by atoms with Crippen molar-refractivity contribution >= 4 is 12.6 Å². The lowest BCUT2D eigenvalue weighted by atomic mass is 10.2. The van der Waals surface area contributed by atoms with Crippen molar-refractivity contribution in [2.45, 2.75) is 26.7 Å². The highest BCUT2D eigenvalue weighted by Gasteiger charge is 2.11. The molecule has 0 heterocycles. The van der Waals surface area contributed by atoms with Gasteiger partial charge in [-0.3, -0.25) is 9.59 Å². The zero-order valence-corrected chi connectivity index (χ0v) is 17.5. The fourth-order valence-corrected chi connectivity index (χ4v) is 2.79. The molecule has 2 aromatic rings. The molecule has 0 atom stereocenters. The van der Waals surface area contributed by atoms with E-state index in [4.69, 9.17) is 18.9 Å². The van der Waals surface area contributed by atoms with E-state index in [1.54, 1.807) is 36.4 Å². The summed E-state index contributed by atoms with van der Waals surface area (Å²) in [5.41, 5.74) is 0.939. The Labute approximate surface area is 177 Å². The third-order valence-electron chi connectivity index (χ3n) is 4.10. The van der Waals surface area contributed by atoms with Crippen LogP contribution in [0.3, 0.4) is 0 Å². The maximum atomic E-state index is 11.2. The molecule has 6 heteroatoms. The number of hydrogen-bond donors (Lipinski definition) is 0. The second kappa shape index (κ2) is 13.0. The first-order valence-electron chi connectivity index (χ1n) is 10.1. The van der Waals surface area contributed by atoms with Crippen LogP contribution in [-0.2, 0) is 0 Å². The van der Waals surface area contributed by atoms with Gasteiger partial charge in [-0.2, -0.15) is 0 Å². The summed E-state index contributed by atoms with van der Waals surface area (Å²) in [7, 11) is 0. The number of rotatable bonds is 14. The summed E-state index contributed by atoms with van der Waals surface area (Å²) in [6, 6.07) is 10.5. The second-order valence-corrected chi connectivity index (χ2v) is 6.20. The van der Waals surface area contributed by atoms with E-state index in [0.29, 0.717) is 73.4 Å². The minimum absolute atomic E-state index is 0.421. The predicted molar refractivity (Wildman–Crippen MR) is 115 cm³/mol. The molecule has 0 aromatic heterocycles. The summed E-state index contributed by atoms with van der Waals surface area (Å²) in [5, 5.41) is 0. The molecule has 0 amide bonds. The Morgan fingerprint density at radius 2 is 1.10 bits per heavy atom. The molecule has 30 heavy (non-hydrogen) atoms. The normalized spacial score (nSPS) is 10.6. The Morgan fingerprint density at radius 1 is 0.667 bits per heavy atom. The third kappa shape index (κ3) is 6.65. The van der Waals surface area contributed by atoms with Gasteiger partial charge >= 0.3 is 0 Å². The van der Waals surface area contributed by atoms with E-state index in [2.05, 4.69) is 0 Å². The van der Waals surface area contributed by atoms with Gasteiger partial charge in [0.25, 0.3) is 0 Å². The van der Waals surface area contributed by atoms with E-state index in [0.717, 1.165) is 12.6 Å². The van der Waals surface area contributed by atoms with Gasteiger partial charge < -0.3 is 18.9 Å². The largest absolute Gasteiger partial charge is 0.490 e. The van der Waals surface area contributed by atoms with E-state index < -0.39 is 0 Å². The molecule has 0 saturated carbocycles. The SMILES string of the molecule is CCOc1cccc(C=O)c1OCCC=CCCOc1c(C=O)cccc1OCC. The maximum absolute atomic E-state index is 11.2. The summed E-state index contributed by atoms with van der Waals surface area (Å²) in [6.07, 6.45) is 6.85. The monoisotopic (exact) mass is 412 g/mol. The number of carbonyl (C=O) groups is 2. The molecule has 0 radical (unpaired) electrons. The maximum Gasteiger partial charge on any atom is 0.171 e. The molecule has 0 fully saturated rings. The van der Waals surface area contributed by atoms with Crippen molar-refractivity contribution in [1.82, 2.24) is 0 Å². The number of aldehydes is 2. The van der Waals surface area contributed by atoms with Crippen molar-refractivity contribution < 1.29 is 28.5 Å². The van der Waals surface area contributed by atoms with Gasteiger partial charge in [0.15, 0.2) is 35.6 Å². The van der Waals surface area contributed by atoms with Crippen molar-refractivity contribution in [3.8, 4) is 23.0 Å². The minimum atomic E-state index is 0.421. The minimum Gasteiger partial charge on any atom is -0.490 e. The first kappa shape index (κ1) is 23.0. The molecule has 0 bridgehead atoms. The van der Waals surface area contributed by atoms with Crippen LogP contribution in [0.2, 0.25) is 0 Å². The zero-order chi connectivity index (χ0) is 21.6. The van der Waals surface area contributed by atoms with Crippen molar-refractivity contribution in [3.63, 3.8) is 0 Å². The molecular formula is C24H28O6. The van der Waals surface area contributed by atoms with Crippen LogP contribution in [-0.4, -0.2) is 39.0 Å². The molecule has 160 valence electrons. The number of carbonyl (C=O) groups excluding carboxylic acids is 2. The Balaban J connectivity index is 1.80. The summed E-state index contributed by atoms with van der Waals surface area (Å²) in [6.45, 7) is 5.60. The van der Waals surface area contributed by atoms with Crippen LogP contribution in [0.4, 0.5) is 0 Å². The van der Waals surface area contributed by atoms with Gasteiger partial charge in [-0.25, -0.2) is 0 Å². The molecule has 2 rings (SSSR count). The highest BCUT2D eigenvalue weighted by molar-refractivity contribution is 5.81. The standard InChI is InChI=1S/C24H28O6/c1-3-27-21-13-9-11-19(17-25)23(21)29-15-7-5-6-8-16-30-24-20(18-26)12-10-14-22(24)28-4-2/h5-6,9-14,17-18H,3-4,7-8,15-16H2,1-2H3. The smallest absolute Gasteiger partial charge is 0.171 e. The van der Waals surface area contributed by atoms with Crippen molar-refractivity contribution in [1.29, 1.82) is 0 Å². The average Bonchev–Trinajstić information content (AvgIpc) is 2.77. The topological polar surface area (TPSA) is 71.1 Å². The van der Waals surface area contributed by atoms with E-state index >= 15 is 0 Å². The van der Waals surface area contributed by atoms with Crippen molar-refractivity contribution in [3.05, 3.63) is 59.7 Å². The van der Waals surface area contributed by atoms with E-state index in [1.165, 1.54) is 0 Å². The Hall–Kier alpha value is -3.28. The second-order valence-electron chi connectivity index (χ2n) is 6.20. The molecule has 0 saturated heterocycles. The lowest BCUT2D eigenvalue weighted by Crippen LogP contribution is -2.03. The molecule has 6 nitrogen and oxygen atoms in total. The van der Waals surface area contributed by atoms with Crippen LogP contribution < -0.4 is 18.9 Å². The number of benzene rings is 2. The van der Waals surface area contributed by atoms with Gasteiger partial charge in [-0.1, -0.05) is 24.3 Å². The van der Waals surface area contributed by atoms with Crippen molar-refractivity contribution in [2.24, 2.45) is 0 Å². The Bertz CT molecular complexity index is 774. The molecule has 0 spiro atoms. The van der Waals surface area contributed by atoms with Gasteiger partial charge in [0, 0.05) is 0 Å². The van der Waals surface area contributed by atoms with Gasteiger partial charge in [0.2, 0.25) is 0 Å². The summed E-state index contributed by atoms with van der Waals surface area (Å²) < 4.78 is 22.6. The molecule has 0 N–H and O–H groups in total. The molecule has 0 aliphatic carbocycles. The van der Waals surface area contributed by atoms with Gasteiger partial charge in [-0.15, -0.1) is 0 Å². The van der Waals surface area contributed by atoms with Gasteiger partial charge in [0.05, 0.1) is 37.6 Å². The summed E-state index contributed by atoms with van der Waals surface area (Å²) in [5.74, 6) is 2.08. The Kier molecular flexibility index (Phi) is 10.00. The van der Waals surface area contributed by atoms with E-state index in [1.807, 2.05) is 26.0 Å². The van der Waals surface area contributed by atoms with E-state index in [9.17, 15) is 9.59 Å². The molecule has 0 unspecified atom stereocenters. The first-order valence-corrected chi connectivity index (χ1v) is 10.1. The van der Waals surface area contributed by atoms with Crippen LogP contribution in [0, 0.1) is 0 Å². The van der Waals surface area contributed by atoms with Crippen LogP contribution in [0.1, 0.15) is 47.4 Å². The molecule has 0 aliphatic rings. The number of hydrogen-bond acceptors (Lipinski definition) is 6. The lowest BCUT2D eigenvalue weighted by molar-refractivity contribution is 0.111. The predicted octanol–water partition coefficient (Wildman–Crippen LogP) is 4.90. The highest BCUT2D eigenvalue weighted by Crippen LogP contribution is 2.31. The fraction of sp³-hybridized carbons (Fsp3) is 0.333. The highest BCUT2D eigenvalue weighted by atomic mass is 16.5. The molecule has 0 aliphatic heterocycles. The van der Waals surface area contributed by atoms with Crippen LogP contribution >= 0.6 is 0 Å². The quantitative estimate of drug-likeness (QED) is 0.250. The van der Waals surface area contributed by atoms with Crippen LogP contribution in [0.5, 0.6) is 23.0 Å². The number of para-hydroxylation sites is 2. The van der Waals surface area contributed by atoms with Gasteiger partial charge in [0.1, 0.15) is 0 Å². The summed E-state index contributed by atoms with van der Waals surface area (Å²) >= 11 is 0. The fourth-order valence-electron chi connectivity index (χ4n) is 2.79. The summed E-state index contributed by atoms with van der Waals surface area (Å²) in [4.78, 5) is 22.4. The zero-order valence-electron chi connectivity index (χ0n) is 17.5. The van der Waals surface area contributed by atoms with Crippen molar-refractivity contribution in [2.75, 3.05) is 26.4 Å². The van der Waals surface area contributed by atoms with E-state index in [-0.39, 0.29) is 0 Å². The molecule has 2 aromatic carbocycles. The molecular weight excluding hydrogens is 384 g/mol. The van der Waals surface area contributed by atoms with Crippen LogP contribution in [0.25, 0.3) is 0 Å². The lowest BCUT2D eigenvalue weighted by Gasteiger charge is -2.13. The number of ether oxygens (including phenoxy) is 4. The average molecular weight is 412 g/mol. The Morgan fingerprint density at radius 3 is 1.47 bits per heavy atom. The van der Waals surface area contributed by atoms with Gasteiger partial charge in [-0.05, 0) is 51.0 Å².